The van der Waals surface area contributed by atoms with E-state index in [1.54, 1.807) is 24.3 Å². The lowest BCUT2D eigenvalue weighted by atomic mass is 10.2. The topological polar surface area (TPSA) is 64.3 Å². The smallest absolute Gasteiger partial charge is 0.335 e. The number of imidazole rings is 1. The van der Waals surface area contributed by atoms with Gasteiger partial charge in [-0.15, -0.1) is 0 Å². The molecule has 0 bridgehead atoms. The molecule has 0 spiro atoms. The number of fused-ring (bicyclic) bond motifs is 1. The lowest BCUT2D eigenvalue weighted by Gasteiger charge is -2.12. The summed E-state index contributed by atoms with van der Waals surface area (Å²) >= 11 is 6.51. The van der Waals surface area contributed by atoms with E-state index in [4.69, 9.17) is 16.3 Å². The van der Waals surface area contributed by atoms with Crippen molar-refractivity contribution in [2.45, 2.75) is 20.1 Å². The van der Waals surface area contributed by atoms with Crippen molar-refractivity contribution in [3.8, 4) is 5.75 Å². The molecule has 0 saturated carbocycles. The summed E-state index contributed by atoms with van der Waals surface area (Å²) in [7, 11) is 0. The SMILES string of the molecule is Cc1nc2ccc(C(=O)O)cc2n1Cc1ccc(OCc2ccccc2)cc1Cl. The lowest BCUT2D eigenvalue weighted by molar-refractivity contribution is 0.0697. The van der Waals surface area contributed by atoms with E-state index < -0.39 is 5.97 Å². The highest BCUT2D eigenvalue weighted by molar-refractivity contribution is 6.31. The van der Waals surface area contributed by atoms with Crippen molar-refractivity contribution in [2.75, 3.05) is 0 Å². The Morgan fingerprint density at radius 3 is 2.62 bits per heavy atom. The van der Waals surface area contributed by atoms with Gasteiger partial charge in [0.25, 0.3) is 0 Å². The van der Waals surface area contributed by atoms with Crippen LogP contribution in [0.25, 0.3) is 11.0 Å². The molecule has 3 aromatic carbocycles. The van der Waals surface area contributed by atoms with Gasteiger partial charge in [0.15, 0.2) is 0 Å². The number of aryl methyl sites for hydroxylation is 1. The Hall–Kier alpha value is -3.31. The lowest BCUT2D eigenvalue weighted by Crippen LogP contribution is -2.04. The quantitative estimate of drug-likeness (QED) is 0.470. The maximum atomic E-state index is 11.3. The number of carboxylic acids is 1. The maximum Gasteiger partial charge on any atom is 0.335 e. The highest BCUT2D eigenvalue weighted by Crippen LogP contribution is 2.26. The third-order valence-corrected chi connectivity index (χ3v) is 5.14. The average Bonchev–Trinajstić information content (AvgIpc) is 3.03. The largest absolute Gasteiger partial charge is 0.489 e. The number of hydrogen-bond donors (Lipinski definition) is 1. The summed E-state index contributed by atoms with van der Waals surface area (Å²) in [6.45, 7) is 2.86. The molecule has 0 aliphatic carbocycles. The van der Waals surface area contributed by atoms with Crippen LogP contribution < -0.4 is 4.74 Å². The Kier molecular flexibility index (Phi) is 5.23. The molecule has 29 heavy (non-hydrogen) atoms. The van der Waals surface area contributed by atoms with Crippen molar-refractivity contribution >= 4 is 28.6 Å². The van der Waals surface area contributed by atoms with E-state index in [0.717, 1.165) is 28.0 Å². The zero-order chi connectivity index (χ0) is 20.4. The highest BCUT2D eigenvalue weighted by atomic mass is 35.5. The number of carbonyl (C=O) groups is 1. The summed E-state index contributed by atoms with van der Waals surface area (Å²) in [5.41, 5.74) is 3.74. The molecular weight excluding hydrogens is 388 g/mol. The Balaban J connectivity index is 1.57. The second kappa shape index (κ2) is 7.97. The van der Waals surface area contributed by atoms with Crippen molar-refractivity contribution in [2.24, 2.45) is 0 Å². The van der Waals surface area contributed by atoms with E-state index in [-0.39, 0.29) is 5.56 Å². The summed E-state index contributed by atoms with van der Waals surface area (Å²) in [4.78, 5) is 15.8. The fourth-order valence-corrected chi connectivity index (χ4v) is 3.46. The molecule has 5 nitrogen and oxygen atoms in total. The predicted molar refractivity (Wildman–Crippen MR) is 113 cm³/mol. The van der Waals surface area contributed by atoms with Crippen molar-refractivity contribution in [1.29, 1.82) is 0 Å². The Morgan fingerprint density at radius 1 is 1.10 bits per heavy atom. The van der Waals surface area contributed by atoms with Crippen LogP contribution in [0, 0.1) is 6.92 Å². The minimum atomic E-state index is -0.963. The maximum absolute atomic E-state index is 11.3. The second-order valence-corrected chi connectivity index (χ2v) is 7.19. The highest BCUT2D eigenvalue weighted by Gasteiger charge is 2.13. The number of carboxylic acid groups (broad SMARTS) is 1. The number of aromatic nitrogens is 2. The fourth-order valence-electron chi connectivity index (χ4n) is 3.23. The molecule has 0 radical (unpaired) electrons. The minimum absolute atomic E-state index is 0.231. The van der Waals surface area contributed by atoms with Gasteiger partial charge in [0.2, 0.25) is 0 Å². The normalized spacial score (nSPS) is 11.0. The molecule has 1 aromatic heterocycles. The van der Waals surface area contributed by atoms with Gasteiger partial charge in [-0.1, -0.05) is 48.0 Å². The third kappa shape index (κ3) is 4.10. The number of nitrogens with zero attached hydrogens (tertiary/aromatic N) is 2. The molecule has 1 N–H and O–H groups in total. The van der Waals surface area contributed by atoms with E-state index in [9.17, 15) is 9.90 Å². The first-order valence-electron chi connectivity index (χ1n) is 9.16. The number of halogens is 1. The molecule has 4 rings (SSSR count). The first-order valence-corrected chi connectivity index (χ1v) is 9.54. The van der Waals surface area contributed by atoms with Crippen LogP contribution in [0.15, 0.2) is 66.7 Å². The molecule has 4 aromatic rings. The van der Waals surface area contributed by atoms with Crippen LogP contribution in [0.1, 0.15) is 27.3 Å². The second-order valence-electron chi connectivity index (χ2n) is 6.78. The summed E-state index contributed by atoms with van der Waals surface area (Å²) in [5, 5.41) is 9.86. The van der Waals surface area contributed by atoms with E-state index in [1.165, 1.54) is 0 Å². The molecule has 1 heterocycles. The van der Waals surface area contributed by atoms with E-state index in [2.05, 4.69) is 4.98 Å². The van der Waals surface area contributed by atoms with Crippen molar-refractivity contribution in [1.82, 2.24) is 9.55 Å². The predicted octanol–water partition coefficient (Wildman–Crippen LogP) is 5.32. The molecule has 6 heteroatoms. The zero-order valence-electron chi connectivity index (χ0n) is 15.8. The molecule has 0 aliphatic rings. The first kappa shape index (κ1) is 19.0. The van der Waals surface area contributed by atoms with Crippen LogP contribution in [0.4, 0.5) is 0 Å². The molecular formula is C23H19ClN2O3. The van der Waals surface area contributed by atoms with Crippen LogP contribution in [0.3, 0.4) is 0 Å². The van der Waals surface area contributed by atoms with Gasteiger partial charge in [0.05, 0.1) is 23.1 Å². The van der Waals surface area contributed by atoms with Crippen LogP contribution in [0.2, 0.25) is 5.02 Å². The van der Waals surface area contributed by atoms with Gasteiger partial charge in [0, 0.05) is 5.02 Å². The molecule has 0 amide bonds. The van der Waals surface area contributed by atoms with Crippen LogP contribution >= 0.6 is 11.6 Å². The number of benzene rings is 3. The Bertz CT molecular complexity index is 1190. The number of ether oxygens (including phenoxy) is 1. The van der Waals surface area contributed by atoms with Gasteiger partial charge in [-0.3, -0.25) is 0 Å². The minimum Gasteiger partial charge on any atom is -0.489 e. The van der Waals surface area contributed by atoms with Crippen LogP contribution in [-0.4, -0.2) is 20.6 Å². The summed E-state index contributed by atoms with van der Waals surface area (Å²) in [5.74, 6) is 0.529. The molecule has 0 atom stereocenters. The van der Waals surface area contributed by atoms with E-state index in [1.807, 2.05) is 54.0 Å². The number of aromatic carboxylic acids is 1. The van der Waals surface area contributed by atoms with Crippen LogP contribution in [-0.2, 0) is 13.2 Å². The Morgan fingerprint density at radius 2 is 1.90 bits per heavy atom. The first-order chi connectivity index (χ1) is 14.0. The average molecular weight is 407 g/mol. The number of hydrogen-bond acceptors (Lipinski definition) is 3. The monoisotopic (exact) mass is 406 g/mol. The summed E-state index contributed by atoms with van der Waals surface area (Å²) in [6, 6.07) is 20.5. The fraction of sp³-hybridized carbons (Fsp3) is 0.130. The van der Waals surface area contributed by atoms with Crippen molar-refractivity contribution in [3.05, 3.63) is 94.3 Å². The van der Waals surface area contributed by atoms with Gasteiger partial charge >= 0.3 is 5.97 Å². The standard InChI is InChI=1S/C23H19ClN2O3/c1-15-25-21-10-8-17(23(27)28)11-22(21)26(15)13-18-7-9-19(12-20(18)24)29-14-16-5-3-2-4-6-16/h2-12H,13-14H2,1H3,(H,27,28). The van der Waals surface area contributed by atoms with Gasteiger partial charge in [0.1, 0.15) is 18.2 Å². The van der Waals surface area contributed by atoms with E-state index >= 15 is 0 Å². The molecule has 0 unspecified atom stereocenters. The van der Waals surface area contributed by atoms with Crippen LogP contribution in [0.5, 0.6) is 5.75 Å². The van der Waals surface area contributed by atoms with Gasteiger partial charge in [-0.2, -0.15) is 0 Å². The third-order valence-electron chi connectivity index (χ3n) is 4.79. The molecule has 146 valence electrons. The van der Waals surface area contributed by atoms with Gasteiger partial charge in [-0.25, -0.2) is 9.78 Å². The molecule has 0 aliphatic heterocycles. The van der Waals surface area contributed by atoms with Crippen molar-refractivity contribution < 1.29 is 14.6 Å². The van der Waals surface area contributed by atoms with Gasteiger partial charge in [-0.05, 0) is 48.4 Å². The summed E-state index contributed by atoms with van der Waals surface area (Å²) in [6.07, 6.45) is 0. The summed E-state index contributed by atoms with van der Waals surface area (Å²) < 4.78 is 7.80. The van der Waals surface area contributed by atoms with E-state index in [0.29, 0.717) is 23.9 Å². The number of rotatable bonds is 6. The molecule has 0 fully saturated rings. The molecule has 0 saturated heterocycles. The zero-order valence-corrected chi connectivity index (χ0v) is 16.6. The van der Waals surface area contributed by atoms with Gasteiger partial charge < -0.3 is 14.4 Å². The van der Waals surface area contributed by atoms with Crippen molar-refractivity contribution in [3.63, 3.8) is 0 Å². The Labute approximate surface area is 173 Å².